The summed E-state index contributed by atoms with van der Waals surface area (Å²) in [6, 6.07) is 21.5. The molecule has 0 saturated heterocycles. The zero-order valence-corrected chi connectivity index (χ0v) is 22.9. The quantitative estimate of drug-likeness (QED) is 0.298. The Morgan fingerprint density at radius 3 is 2.43 bits per heavy atom. The Morgan fingerprint density at radius 1 is 1.00 bits per heavy atom. The number of rotatable bonds is 5. The van der Waals surface area contributed by atoms with Crippen LogP contribution in [-0.2, 0) is 0 Å². The third-order valence-electron chi connectivity index (χ3n) is 5.68. The molecule has 0 spiro atoms. The van der Waals surface area contributed by atoms with Crippen molar-refractivity contribution in [3.8, 4) is 11.5 Å². The fourth-order valence-corrected chi connectivity index (χ4v) is 5.92. The maximum atomic E-state index is 13.7. The number of fused-ring (bicyclic) bond motifs is 1. The molecular weight excluding hydrogens is 592 g/mol. The minimum absolute atomic E-state index is 0.0871. The number of nitrogens with zero attached hydrogens (tertiary/aromatic N) is 2. The van der Waals surface area contributed by atoms with Gasteiger partial charge in [-0.3, -0.25) is 9.36 Å². The van der Waals surface area contributed by atoms with E-state index in [1.807, 2.05) is 72.8 Å². The van der Waals surface area contributed by atoms with Crippen molar-refractivity contribution in [1.29, 1.82) is 0 Å². The van der Waals surface area contributed by atoms with Crippen LogP contribution >= 0.6 is 43.2 Å². The summed E-state index contributed by atoms with van der Waals surface area (Å²) >= 11 is 8.41. The zero-order chi connectivity index (χ0) is 24.5. The molecule has 0 saturated carbocycles. The van der Waals surface area contributed by atoms with Crippen molar-refractivity contribution in [3.05, 3.63) is 118 Å². The number of methoxy groups -OCH3 is 2. The van der Waals surface area contributed by atoms with Crippen molar-refractivity contribution in [3.63, 3.8) is 0 Å². The van der Waals surface area contributed by atoms with Crippen LogP contribution in [0, 0.1) is 0 Å². The fourth-order valence-electron chi connectivity index (χ4n) is 4.02. The number of benzene rings is 3. The molecule has 0 aliphatic carbocycles. The van der Waals surface area contributed by atoms with Gasteiger partial charge in [0.15, 0.2) is 16.3 Å². The molecule has 0 fully saturated rings. The molecule has 0 radical (unpaired) electrons. The monoisotopic (exact) mass is 610 g/mol. The average molecular weight is 612 g/mol. The topological polar surface area (TPSA) is 52.8 Å². The average Bonchev–Trinajstić information content (AvgIpc) is 3.19. The molecule has 176 valence electrons. The lowest BCUT2D eigenvalue weighted by Crippen LogP contribution is -2.36. The van der Waals surface area contributed by atoms with Gasteiger partial charge >= 0.3 is 0 Å². The van der Waals surface area contributed by atoms with E-state index < -0.39 is 0 Å². The summed E-state index contributed by atoms with van der Waals surface area (Å²) in [5.74, 6) is 1.19. The van der Waals surface area contributed by atoms with Crippen LogP contribution in [-0.4, -0.2) is 18.8 Å². The molecule has 4 aromatic rings. The highest BCUT2D eigenvalue weighted by molar-refractivity contribution is 9.10. The van der Waals surface area contributed by atoms with Gasteiger partial charge in [-0.05, 0) is 69.0 Å². The van der Waals surface area contributed by atoms with Gasteiger partial charge in [-0.1, -0.05) is 69.7 Å². The summed E-state index contributed by atoms with van der Waals surface area (Å²) in [5.41, 5.74) is 3.60. The zero-order valence-electron chi connectivity index (χ0n) is 18.9. The highest BCUT2D eigenvalue weighted by atomic mass is 79.9. The minimum Gasteiger partial charge on any atom is -0.493 e. The Hall–Kier alpha value is -2.94. The molecule has 5 rings (SSSR count). The van der Waals surface area contributed by atoms with Crippen LogP contribution < -0.4 is 24.4 Å². The number of allylic oxidation sites excluding steroid dienone is 1. The third-order valence-corrected chi connectivity index (χ3v) is 7.78. The van der Waals surface area contributed by atoms with Crippen molar-refractivity contribution in [2.75, 3.05) is 14.2 Å². The van der Waals surface area contributed by atoms with Crippen LogP contribution in [0.1, 0.15) is 22.7 Å². The second-order valence-electron chi connectivity index (χ2n) is 7.83. The number of hydrogen-bond donors (Lipinski definition) is 0. The van der Waals surface area contributed by atoms with E-state index >= 15 is 0 Å². The van der Waals surface area contributed by atoms with E-state index in [1.165, 1.54) is 11.3 Å². The summed E-state index contributed by atoms with van der Waals surface area (Å²) in [6.07, 6.45) is 3.91. The molecule has 8 heteroatoms. The van der Waals surface area contributed by atoms with E-state index in [4.69, 9.17) is 14.5 Å². The second kappa shape index (κ2) is 9.97. The molecule has 5 nitrogen and oxygen atoms in total. The Bertz CT molecular complexity index is 1610. The molecular formula is C27H20Br2N2O3S. The van der Waals surface area contributed by atoms with Gasteiger partial charge in [0.1, 0.15) is 0 Å². The first-order valence-electron chi connectivity index (χ1n) is 10.7. The largest absolute Gasteiger partial charge is 0.493 e. The van der Waals surface area contributed by atoms with Crippen molar-refractivity contribution in [1.82, 2.24) is 4.57 Å². The molecule has 1 aromatic heterocycles. The van der Waals surface area contributed by atoms with Gasteiger partial charge in [0.25, 0.3) is 5.56 Å². The predicted molar refractivity (Wildman–Crippen MR) is 147 cm³/mol. The van der Waals surface area contributed by atoms with Crippen molar-refractivity contribution >= 4 is 55.0 Å². The van der Waals surface area contributed by atoms with Crippen molar-refractivity contribution in [2.45, 2.75) is 6.04 Å². The molecule has 0 bridgehead atoms. The Kier molecular flexibility index (Phi) is 6.77. The second-order valence-corrected chi connectivity index (χ2v) is 10.6. The van der Waals surface area contributed by atoms with E-state index in [2.05, 4.69) is 37.9 Å². The highest BCUT2D eigenvalue weighted by Gasteiger charge is 2.22. The maximum absolute atomic E-state index is 13.7. The predicted octanol–water partition coefficient (Wildman–Crippen LogP) is 5.54. The van der Waals surface area contributed by atoms with Crippen LogP contribution in [0.4, 0.5) is 0 Å². The van der Waals surface area contributed by atoms with Crippen LogP contribution in [0.25, 0.3) is 11.8 Å². The number of ether oxygens (including phenoxy) is 2. The lowest BCUT2D eigenvalue weighted by molar-refractivity contribution is 0.353. The Labute approximate surface area is 222 Å². The molecule has 2 heterocycles. The molecule has 1 unspecified atom stereocenters. The normalized spacial score (nSPS) is 15.3. The first kappa shape index (κ1) is 23.8. The van der Waals surface area contributed by atoms with E-state index in [0.29, 0.717) is 20.8 Å². The lowest BCUT2D eigenvalue weighted by atomic mass is 10.0. The van der Waals surface area contributed by atoms with E-state index in [1.54, 1.807) is 18.8 Å². The Balaban J connectivity index is 1.71. The van der Waals surface area contributed by atoms with Gasteiger partial charge in [-0.2, -0.15) is 0 Å². The van der Waals surface area contributed by atoms with Gasteiger partial charge in [0.05, 0.1) is 35.0 Å². The molecule has 1 aliphatic heterocycles. The van der Waals surface area contributed by atoms with Gasteiger partial charge in [0.2, 0.25) is 0 Å². The summed E-state index contributed by atoms with van der Waals surface area (Å²) in [7, 11) is 3.18. The van der Waals surface area contributed by atoms with Crippen LogP contribution in [0.2, 0.25) is 0 Å². The number of thiazole rings is 1. The van der Waals surface area contributed by atoms with Crippen LogP contribution in [0.3, 0.4) is 0 Å². The summed E-state index contributed by atoms with van der Waals surface area (Å²) < 4.78 is 15.0. The van der Waals surface area contributed by atoms with E-state index in [0.717, 1.165) is 31.3 Å². The third kappa shape index (κ3) is 4.66. The van der Waals surface area contributed by atoms with Crippen LogP contribution in [0.15, 0.2) is 91.5 Å². The van der Waals surface area contributed by atoms with Gasteiger partial charge in [-0.25, -0.2) is 4.99 Å². The molecule has 1 atom stereocenters. The summed E-state index contributed by atoms with van der Waals surface area (Å²) in [5, 5.41) is 0. The molecule has 3 aromatic carbocycles. The maximum Gasteiger partial charge on any atom is 0.271 e. The number of hydrogen-bond acceptors (Lipinski definition) is 5. The molecule has 0 N–H and O–H groups in total. The SMILES string of the molecule is COc1cc(C=c2sc3n(c2=O)C(c2ccc(Br)cc2)C=C(c2ccccc2)N=3)cc(Br)c1OC. The summed E-state index contributed by atoms with van der Waals surface area (Å²) in [4.78, 5) is 19.2. The highest BCUT2D eigenvalue weighted by Crippen LogP contribution is 2.36. The van der Waals surface area contributed by atoms with E-state index in [-0.39, 0.29) is 11.6 Å². The van der Waals surface area contributed by atoms with E-state index in [9.17, 15) is 4.79 Å². The molecule has 35 heavy (non-hydrogen) atoms. The molecule has 1 aliphatic rings. The van der Waals surface area contributed by atoms with Gasteiger partial charge < -0.3 is 9.47 Å². The Morgan fingerprint density at radius 2 is 1.74 bits per heavy atom. The number of halogens is 2. The molecule has 0 amide bonds. The minimum atomic E-state index is -0.270. The standard InChI is InChI=1S/C27H20Br2N2O3S/c1-33-23-13-16(12-20(29)25(23)34-2)14-24-26(32)31-22(18-8-10-19(28)11-9-18)15-21(30-27(31)35-24)17-6-4-3-5-7-17/h3-15,22H,1-2H3. The fraction of sp³-hybridized carbons (Fsp3) is 0.111. The summed E-state index contributed by atoms with van der Waals surface area (Å²) in [6.45, 7) is 0. The first-order chi connectivity index (χ1) is 17.0. The first-order valence-corrected chi connectivity index (χ1v) is 13.1. The van der Waals surface area contributed by atoms with Crippen molar-refractivity contribution < 1.29 is 9.47 Å². The lowest BCUT2D eigenvalue weighted by Gasteiger charge is -2.19. The van der Waals surface area contributed by atoms with Crippen LogP contribution in [0.5, 0.6) is 11.5 Å². The number of aromatic nitrogens is 1. The van der Waals surface area contributed by atoms with Gasteiger partial charge in [0, 0.05) is 4.47 Å². The van der Waals surface area contributed by atoms with Gasteiger partial charge in [-0.15, -0.1) is 0 Å². The van der Waals surface area contributed by atoms with Crippen molar-refractivity contribution in [2.24, 2.45) is 4.99 Å². The smallest absolute Gasteiger partial charge is 0.271 e.